The van der Waals surface area contributed by atoms with Crippen molar-refractivity contribution in [2.45, 2.75) is 52.6 Å². The Morgan fingerprint density at radius 2 is 1.67 bits per heavy atom. The van der Waals surface area contributed by atoms with Gasteiger partial charge in [-0.25, -0.2) is 4.98 Å². The summed E-state index contributed by atoms with van der Waals surface area (Å²) >= 11 is 0. The van der Waals surface area contributed by atoms with Crippen molar-refractivity contribution in [3.05, 3.63) is 11.4 Å². The standard InChI is InChI=1S/C13H23N5/c1-5-11-12(6-2)16-17-13(15-11)18-7-9(3)14-10(4)8-18/h9-10,14H,5-8H2,1-4H3. The van der Waals surface area contributed by atoms with Crippen molar-refractivity contribution in [1.29, 1.82) is 0 Å². The minimum atomic E-state index is 0.466. The van der Waals surface area contributed by atoms with Crippen molar-refractivity contribution in [2.75, 3.05) is 18.0 Å². The zero-order valence-corrected chi connectivity index (χ0v) is 11.8. The molecule has 2 atom stereocenters. The second-order valence-corrected chi connectivity index (χ2v) is 5.09. The maximum Gasteiger partial charge on any atom is 0.245 e. The Kier molecular flexibility index (Phi) is 4.11. The van der Waals surface area contributed by atoms with Gasteiger partial charge in [-0.15, -0.1) is 5.10 Å². The molecule has 1 saturated heterocycles. The summed E-state index contributed by atoms with van der Waals surface area (Å²) in [7, 11) is 0. The van der Waals surface area contributed by atoms with Gasteiger partial charge < -0.3 is 10.2 Å². The maximum atomic E-state index is 4.68. The summed E-state index contributed by atoms with van der Waals surface area (Å²) in [5, 5.41) is 12.1. The third-order valence-corrected chi connectivity index (χ3v) is 3.34. The van der Waals surface area contributed by atoms with E-state index in [2.05, 4.69) is 53.1 Å². The number of hydrogen-bond acceptors (Lipinski definition) is 5. The van der Waals surface area contributed by atoms with E-state index in [4.69, 9.17) is 0 Å². The van der Waals surface area contributed by atoms with Gasteiger partial charge in [-0.2, -0.15) is 5.10 Å². The van der Waals surface area contributed by atoms with Crippen molar-refractivity contribution in [3.8, 4) is 0 Å². The zero-order valence-electron chi connectivity index (χ0n) is 11.8. The van der Waals surface area contributed by atoms with Gasteiger partial charge in [0.15, 0.2) is 0 Å². The van der Waals surface area contributed by atoms with Crippen LogP contribution in [0.4, 0.5) is 5.95 Å². The Balaban J connectivity index is 2.22. The molecule has 2 unspecified atom stereocenters. The number of hydrogen-bond donors (Lipinski definition) is 1. The van der Waals surface area contributed by atoms with Crippen molar-refractivity contribution < 1.29 is 0 Å². The number of rotatable bonds is 3. The second kappa shape index (κ2) is 5.61. The van der Waals surface area contributed by atoms with Crippen LogP contribution in [0.15, 0.2) is 0 Å². The number of nitrogens with one attached hydrogen (secondary N) is 1. The highest BCUT2D eigenvalue weighted by atomic mass is 15.3. The van der Waals surface area contributed by atoms with Crippen molar-refractivity contribution >= 4 is 5.95 Å². The number of nitrogens with zero attached hydrogens (tertiary/aromatic N) is 4. The van der Waals surface area contributed by atoms with Gasteiger partial charge in [0, 0.05) is 25.2 Å². The Bertz CT molecular complexity index is 396. The first-order valence-electron chi connectivity index (χ1n) is 6.87. The number of aryl methyl sites for hydroxylation is 2. The highest BCUT2D eigenvalue weighted by Crippen LogP contribution is 2.14. The fraction of sp³-hybridized carbons (Fsp3) is 0.769. The second-order valence-electron chi connectivity index (χ2n) is 5.09. The van der Waals surface area contributed by atoms with Gasteiger partial charge in [-0.05, 0) is 26.7 Å². The van der Waals surface area contributed by atoms with Gasteiger partial charge in [0.25, 0.3) is 0 Å². The topological polar surface area (TPSA) is 53.9 Å². The molecule has 5 heteroatoms. The third-order valence-electron chi connectivity index (χ3n) is 3.34. The molecule has 1 aromatic heterocycles. The summed E-state index contributed by atoms with van der Waals surface area (Å²) < 4.78 is 0. The van der Waals surface area contributed by atoms with Crippen LogP contribution in [0.1, 0.15) is 39.1 Å². The molecule has 0 aromatic carbocycles. The summed E-state index contributed by atoms with van der Waals surface area (Å²) in [5.41, 5.74) is 2.11. The molecule has 2 rings (SSSR count). The molecule has 2 heterocycles. The first-order chi connectivity index (χ1) is 8.63. The van der Waals surface area contributed by atoms with Crippen LogP contribution in [0.25, 0.3) is 0 Å². The molecule has 0 radical (unpaired) electrons. The van der Waals surface area contributed by atoms with Crippen LogP contribution in [0.3, 0.4) is 0 Å². The minimum absolute atomic E-state index is 0.466. The quantitative estimate of drug-likeness (QED) is 0.872. The SMILES string of the molecule is CCc1nnc(N2CC(C)NC(C)C2)nc1CC. The lowest BCUT2D eigenvalue weighted by Crippen LogP contribution is -2.54. The summed E-state index contributed by atoms with van der Waals surface area (Å²) in [6.45, 7) is 10.5. The Morgan fingerprint density at radius 3 is 2.22 bits per heavy atom. The largest absolute Gasteiger partial charge is 0.336 e. The molecule has 1 fully saturated rings. The van der Waals surface area contributed by atoms with Crippen LogP contribution in [-0.2, 0) is 12.8 Å². The van der Waals surface area contributed by atoms with Crippen LogP contribution in [0.2, 0.25) is 0 Å². The zero-order chi connectivity index (χ0) is 13.1. The predicted octanol–water partition coefficient (Wildman–Crippen LogP) is 1.18. The number of piperazine rings is 1. The van der Waals surface area contributed by atoms with Crippen molar-refractivity contribution in [2.24, 2.45) is 0 Å². The molecule has 0 aliphatic carbocycles. The first-order valence-corrected chi connectivity index (χ1v) is 6.87. The van der Waals surface area contributed by atoms with Gasteiger partial charge >= 0.3 is 0 Å². The van der Waals surface area contributed by atoms with E-state index >= 15 is 0 Å². The summed E-state index contributed by atoms with van der Waals surface area (Å²) in [6.07, 6.45) is 1.82. The van der Waals surface area contributed by atoms with Crippen LogP contribution in [0.5, 0.6) is 0 Å². The summed E-state index contributed by atoms with van der Waals surface area (Å²) in [4.78, 5) is 6.91. The lowest BCUT2D eigenvalue weighted by Gasteiger charge is -2.36. The fourth-order valence-electron chi connectivity index (χ4n) is 2.55. The van der Waals surface area contributed by atoms with E-state index in [-0.39, 0.29) is 0 Å². The fourth-order valence-corrected chi connectivity index (χ4v) is 2.55. The molecule has 0 amide bonds. The molecule has 1 aliphatic rings. The lowest BCUT2D eigenvalue weighted by atomic mass is 10.1. The molecule has 100 valence electrons. The average Bonchev–Trinajstić information content (AvgIpc) is 2.36. The smallest absolute Gasteiger partial charge is 0.245 e. The number of aromatic nitrogens is 3. The van der Waals surface area contributed by atoms with Gasteiger partial charge in [-0.1, -0.05) is 13.8 Å². The Morgan fingerprint density at radius 1 is 1.06 bits per heavy atom. The Labute approximate surface area is 109 Å². The first kappa shape index (κ1) is 13.2. The lowest BCUT2D eigenvalue weighted by molar-refractivity contribution is 0.402. The predicted molar refractivity (Wildman–Crippen MR) is 72.9 cm³/mol. The highest BCUT2D eigenvalue weighted by molar-refractivity contribution is 5.32. The third kappa shape index (κ3) is 2.77. The van der Waals surface area contributed by atoms with E-state index in [0.717, 1.165) is 43.3 Å². The van der Waals surface area contributed by atoms with Crippen LogP contribution < -0.4 is 10.2 Å². The summed E-state index contributed by atoms with van der Waals surface area (Å²) in [5.74, 6) is 0.782. The normalized spacial score (nSPS) is 24.3. The van der Waals surface area contributed by atoms with E-state index in [1.54, 1.807) is 0 Å². The molecular weight excluding hydrogens is 226 g/mol. The van der Waals surface area contributed by atoms with E-state index in [1.807, 2.05) is 0 Å². The molecule has 1 aromatic rings. The minimum Gasteiger partial charge on any atom is -0.336 e. The van der Waals surface area contributed by atoms with E-state index in [0.29, 0.717) is 12.1 Å². The van der Waals surface area contributed by atoms with Gasteiger partial charge in [0.05, 0.1) is 11.4 Å². The molecule has 18 heavy (non-hydrogen) atoms. The molecule has 0 spiro atoms. The molecule has 0 bridgehead atoms. The average molecular weight is 249 g/mol. The monoisotopic (exact) mass is 249 g/mol. The maximum absolute atomic E-state index is 4.68. The Hall–Kier alpha value is -1.23. The van der Waals surface area contributed by atoms with E-state index in [1.165, 1.54) is 0 Å². The molecule has 0 saturated carbocycles. The summed E-state index contributed by atoms with van der Waals surface area (Å²) in [6, 6.07) is 0.932. The van der Waals surface area contributed by atoms with Gasteiger partial charge in [0.1, 0.15) is 0 Å². The molecule has 5 nitrogen and oxygen atoms in total. The van der Waals surface area contributed by atoms with Crippen LogP contribution in [-0.4, -0.2) is 40.4 Å². The van der Waals surface area contributed by atoms with E-state index in [9.17, 15) is 0 Å². The van der Waals surface area contributed by atoms with E-state index < -0.39 is 0 Å². The molecule has 1 aliphatic heterocycles. The van der Waals surface area contributed by atoms with Crippen LogP contribution >= 0.6 is 0 Å². The van der Waals surface area contributed by atoms with Crippen LogP contribution in [0, 0.1) is 0 Å². The molecule has 1 N–H and O–H groups in total. The van der Waals surface area contributed by atoms with Crippen molar-refractivity contribution in [3.63, 3.8) is 0 Å². The molecular formula is C13H23N5. The highest BCUT2D eigenvalue weighted by Gasteiger charge is 2.23. The van der Waals surface area contributed by atoms with Gasteiger partial charge in [-0.3, -0.25) is 0 Å². The van der Waals surface area contributed by atoms with Gasteiger partial charge in [0.2, 0.25) is 5.95 Å². The van der Waals surface area contributed by atoms with Crippen molar-refractivity contribution in [1.82, 2.24) is 20.5 Å². The number of anilines is 1.